The van der Waals surface area contributed by atoms with Gasteiger partial charge in [-0.05, 0) is 29.8 Å². The summed E-state index contributed by atoms with van der Waals surface area (Å²) in [6.07, 6.45) is 0. The van der Waals surface area contributed by atoms with Gasteiger partial charge in [0.25, 0.3) is 0 Å². The van der Waals surface area contributed by atoms with Crippen molar-refractivity contribution in [2.75, 3.05) is 4.90 Å². The average Bonchev–Trinajstić information content (AvgIpc) is 2.46. The third kappa shape index (κ3) is 4.10. The summed E-state index contributed by atoms with van der Waals surface area (Å²) in [6.45, 7) is 1.29. The molecule has 1 unspecified atom stereocenters. The van der Waals surface area contributed by atoms with Crippen LogP contribution in [-0.2, 0) is 9.59 Å². The van der Waals surface area contributed by atoms with Gasteiger partial charge in [-0.25, -0.2) is 0 Å². The number of para-hydroxylation sites is 1. The van der Waals surface area contributed by atoms with E-state index in [2.05, 4.69) is 0 Å². The van der Waals surface area contributed by atoms with Gasteiger partial charge in [0.1, 0.15) is 11.8 Å². The number of nitrogens with zero attached hydrogens (tertiary/aromatic N) is 1. The molecule has 1 amide bonds. The maximum absolute atomic E-state index is 11.9. The Balaban J connectivity index is 0.00000242. The Labute approximate surface area is 150 Å². The van der Waals surface area contributed by atoms with Crippen LogP contribution >= 0.6 is 0 Å². The van der Waals surface area contributed by atoms with Gasteiger partial charge in [-0.15, -0.1) is 0 Å². The van der Waals surface area contributed by atoms with Crippen LogP contribution in [0.5, 0.6) is 5.75 Å². The fraction of sp³-hybridized carbons (Fsp3) is 0.125. The molecular weight excluding hydrogens is 293 g/mol. The first-order valence-electron chi connectivity index (χ1n) is 6.35. The van der Waals surface area contributed by atoms with Gasteiger partial charge >= 0.3 is 29.6 Å². The molecule has 0 aliphatic carbocycles. The molecule has 0 heterocycles. The molecule has 5 nitrogen and oxygen atoms in total. The van der Waals surface area contributed by atoms with Crippen molar-refractivity contribution in [2.24, 2.45) is 0 Å². The Bertz CT molecular complexity index is 643. The summed E-state index contributed by atoms with van der Waals surface area (Å²) in [5.74, 6) is -1.78. The quantitative estimate of drug-likeness (QED) is 0.679. The molecular formula is C16H14NNaO4. The summed E-state index contributed by atoms with van der Waals surface area (Å²) < 4.78 is 0. The molecule has 0 fully saturated rings. The van der Waals surface area contributed by atoms with E-state index in [1.165, 1.54) is 31.2 Å². The number of phenols is 1. The Morgan fingerprint density at radius 1 is 1.05 bits per heavy atom. The number of carboxylic acid groups (broad SMARTS) is 1. The van der Waals surface area contributed by atoms with Crippen molar-refractivity contribution in [3.05, 3.63) is 60.2 Å². The normalized spacial score (nSPS) is 11.1. The fourth-order valence-corrected chi connectivity index (χ4v) is 2.15. The number of carbonyl (C=O) groups is 2. The average molecular weight is 307 g/mol. The van der Waals surface area contributed by atoms with Crippen molar-refractivity contribution in [1.82, 2.24) is 0 Å². The first kappa shape index (κ1) is 18.2. The molecule has 0 saturated heterocycles. The Morgan fingerprint density at radius 3 is 2.05 bits per heavy atom. The molecule has 108 valence electrons. The van der Waals surface area contributed by atoms with Gasteiger partial charge in [-0.2, -0.15) is 0 Å². The molecule has 6 heteroatoms. The molecule has 0 aromatic heterocycles. The number of aromatic hydroxyl groups is 1. The summed E-state index contributed by atoms with van der Waals surface area (Å²) in [7, 11) is 0. The number of hydrogen-bond donors (Lipinski definition) is 1. The van der Waals surface area contributed by atoms with Gasteiger partial charge in [0.2, 0.25) is 5.91 Å². The van der Waals surface area contributed by atoms with E-state index in [1.54, 1.807) is 30.3 Å². The van der Waals surface area contributed by atoms with Gasteiger partial charge in [0, 0.05) is 12.6 Å². The minimum Gasteiger partial charge on any atom is -0.547 e. The van der Waals surface area contributed by atoms with Crippen LogP contribution < -0.4 is 39.6 Å². The van der Waals surface area contributed by atoms with Crippen molar-refractivity contribution in [3.8, 4) is 5.75 Å². The fourth-order valence-electron chi connectivity index (χ4n) is 2.15. The van der Waals surface area contributed by atoms with Crippen molar-refractivity contribution in [2.45, 2.75) is 13.0 Å². The minimum absolute atomic E-state index is 0. The predicted octanol–water partition coefficient (Wildman–Crippen LogP) is -1.76. The van der Waals surface area contributed by atoms with Gasteiger partial charge in [-0.1, -0.05) is 30.3 Å². The molecule has 0 aliphatic heterocycles. The summed E-state index contributed by atoms with van der Waals surface area (Å²) >= 11 is 0. The first-order chi connectivity index (χ1) is 10.0. The molecule has 1 atom stereocenters. The third-order valence-electron chi connectivity index (χ3n) is 3.06. The van der Waals surface area contributed by atoms with Gasteiger partial charge in [0.05, 0.1) is 5.97 Å². The van der Waals surface area contributed by atoms with Crippen molar-refractivity contribution < 1.29 is 49.4 Å². The number of anilines is 1. The van der Waals surface area contributed by atoms with Crippen LogP contribution in [0.2, 0.25) is 0 Å². The molecule has 0 bridgehead atoms. The monoisotopic (exact) mass is 307 g/mol. The number of hydrogen-bond acceptors (Lipinski definition) is 4. The SMILES string of the molecule is CC(=O)N(c1ccccc1)C(C(=O)[O-])c1ccc(O)cc1.[Na+]. The van der Waals surface area contributed by atoms with Crippen molar-refractivity contribution >= 4 is 17.6 Å². The van der Waals surface area contributed by atoms with E-state index < -0.39 is 17.9 Å². The van der Waals surface area contributed by atoms with Crippen LogP contribution in [0.3, 0.4) is 0 Å². The second-order valence-corrected chi connectivity index (χ2v) is 4.54. The zero-order valence-corrected chi connectivity index (χ0v) is 14.4. The summed E-state index contributed by atoms with van der Waals surface area (Å²) in [6, 6.07) is 12.9. The molecule has 1 N–H and O–H groups in total. The van der Waals surface area contributed by atoms with E-state index in [0.29, 0.717) is 11.3 Å². The van der Waals surface area contributed by atoms with Crippen LogP contribution in [-0.4, -0.2) is 17.0 Å². The number of aliphatic carboxylic acids is 1. The van der Waals surface area contributed by atoms with Crippen LogP contribution in [0.1, 0.15) is 18.5 Å². The number of rotatable bonds is 4. The summed E-state index contributed by atoms with van der Waals surface area (Å²) in [4.78, 5) is 24.6. The first-order valence-corrected chi connectivity index (χ1v) is 6.35. The molecule has 0 aliphatic rings. The van der Waals surface area contributed by atoms with E-state index in [4.69, 9.17) is 0 Å². The molecule has 2 aromatic rings. The second-order valence-electron chi connectivity index (χ2n) is 4.54. The largest absolute Gasteiger partial charge is 1.00 e. The van der Waals surface area contributed by atoms with Crippen LogP contribution in [0.25, 0.3) is 0 Å². The third-order valence-corrected chi connectivity index (χ3v) is 3.06. The maximum atomic E-state index is 11.9. The van der Waals surface area contributed by atoms with E-state index in [0.717, 1.165) is 4.90 Å². The number of carboxylic acids is 1. The molecule has 0 spiro atoms. The maximum Gasteiger partial charge on any atom is 1.00 e. The van der Waals surface area contributed by atoms with Gasteiger partial charge in [0.15, 0.2) is 0 Å². The number of carbonyl (C=O) groups excluding carboxylic acids is 2. The van der Waals surface area contributed by atoms with Crippen LogP contribution in [0.15, 0.2) is 54.6 Å². The van der Waals surface area contributed by atoms with E-state index in [9.17, 15) is 19.8 Å². The molecule has 0 radical (unpaired) electrons. The zero-order chi connectivity index (χ0) is 15.4. The number of benzene rings is 2. The van der Waals surface area contributed by atoms with E-state index in [1.807, 2.05) is 0 Å². The van der Waals surface area contributed by atoms with Gasteiger partial charge < -0.3 is 15.0 Å². The standard InChI is InChI=1S/C16H15NO4.Na/c1-11(18)17(13-5-3-2-4-6-13)15(16(20)21)12-7-9-14(19)10-8-12;/h2-10,15,19H,1H3,(H,20,21);/q;+1/p-1. The summed E-state index contributed by atoms with van der Waals surface area (Å²) in [5, 5.41) is 20.8. The zero-order valence-electron chi connectivity index (χ0n) is 12.4. The van der Waals surface area contributed by atoms with Crippen molar-refractivity contribution in [3.63, 3.8) is 0 Å². The molecule has 0 saturated carbocycles. The smallest absolute Gasteiger partial charge is 0.547 e. The van der Waals surface area contributed by atoms with Crippen LogP contribution in [0.4, 0.5) is 5.69 Å². The minimum atomic E-state index is -1.39. The topological polar surface area (TPSA) is 80.7 Å². The van der Waals surface area contributed by atoms with E-state index in [-0.39, 0.29) is 35.3 Å². The number of amides is 1. The Hall–Kier alpha value is -1.82. The van der Waals surface area contributed by atoms with E-state index >= 15 is 0 Å². The molecule has 22 heavy (non-hydrogen) atoms. The van der Waals surface area contributed by atoms with Crippen molar-refractivity contribution in [1.29, 1.82) is 0 Å². The molecule has 2 rings (SSSR count). The second kappa shape index (κ2) is 7.98. The predicted molar refractivity (Wildman–Crippen MR) is 75.5 cm³/mol. The molecule has 2 aromatic carbocycles. The van der Waals surface area contributed by atoms with Gasteiger partial charge in [-0.3, -0.25) is 9.69 Å². The van der Waals surface area contributed by atoms with Crippen LogP contribution in [0, 0.1) is 0 Å². The Kier molecular flexibility index (Phi) is 6.61. The summed E-state index contributed by atoms with van der Waals surface area (Å²) in [5.41, 5.74) is 0.819. The Morgan fingerprint density at radius 2 is 1.59 bits per heavy atom. The number of phenolic OH excluding ortho intramolecular Hbond substituents is 1.